The monoisotopic (exact) mass is 339 g/mol. The van der Waals surface area contributed by atoms with Crippen LogP contribution in [0.1, 0.15) is 30.3 Å². The van der Waals surface area contributed by atoms with Crippen molar-refractivity contribution in [1.82, 2.24) is 18.7 Å². The van der Waals surface area contributed by atoms with Crippen molar-refractivity contribution in [2.75, 3.05) is 0 Å². The summed E-state index contributed by atoms with van der Waals surface area (Å²) < 4.78 is 40.6. The normalized spacial score (nSPS) is 14.6. The molecule has 2 aromatic heterocycles. The Labute approximate surface area is 133 Å². The second-order valence-electron chi connectivity index (χ2n) is 5.55. The van der Waals surface area contributed by atoms with Crippen LogP contribution in [-0.4, -0.2) is 24.9 Å². The molecule has 3 rings (SSSR count). The second-order valence-corrected chi connectivity index (χ2v) is 5.55. The van der Waals surface area contributed by atoms with Crippen LogP contribution in [0.25, 0.3) is 0 Å². The van der Waals surface area contributed by atoms with E-state index < -0.39 is 30.5 Å². The molecule has 24 heavy (non-hydrogen) atoms. The van der Waals surface area contributed by atoms with Gasteiger partial charge in [0.25, 0.3) is 5.56 Å². The lowest BCUT2D eigenvalue weighted by atomic mass is 10.3. The summed E-state index contributed by atoms with van der Waals surface area (Å²) in [6.07, 6.45) is 0.558. The molecular formula is C14H12F3N5O2. The zero-order valence-corrected chi connectivity index (χ0v) is 12.3. The zero-order chi connectivity index (χ0) is 17.5. The van der Waals surface area contributed by atoms with Crippen LogP contribution in [0.15, 0.2) is 28.2 Å². The van der Waals surface area contributed by atoms with Crippen molar-refractivity contribution in [3.8, 4) is 6.07 Å². The molecule has 10 heteroatoms. The molecule has 2 aromatic rings. The highest BCUT2D eigenvalue weighted by molar-refractivity contribution is 5.23. The topological polar surface area (TPSA) is 85.6 Å². The number of imidazole rings is 1. The van der Waals surface area contributed by atoms with Crippen LogP contribution in [0.4, 0.5) is 13.2 Å². The molecule has 0 spiro atoms. The molecule has 0 aliphatic heterocycles. The van der Waals surface area contributed by atoms with E-state index in [4.69, 9.17) is 5.26 Å². The van der Waals surface area contributed by atoms with Gasteiger partial charge in [-0.05, 0) is 12.8 Å². The number of aromatic nitrogens is 4. The smallest absolute Gasteiger partial charge is 0.324 e. The molecule has 1 fully saturated rings. The first-order valence-electron chi connectivity index (χ1n) is 7.13. The van der Waals surface area contributed by atoms with Crippen molar-refractivity contribution < 1.29 is 13.2 Å². The molecule has 0 atom stereocenters. The minimum atomic E-state index is -4.46. The van der Waals surface area contributed by atoms with Gasteiger partial charge in [-0.15, -0.1) is 0 Å². The predicted molar refractivity (Wildman–Crippen MR) is 75.3 cm³/mol. The van der Waals surface area contributed by atoms with Gasteiger partial charge in [0.1, 0.15) is 24.0 Å². The summed E-state index contributed by atoms with van der Waals surface area (Å²) in [5, 5.41) is 9.05. The first-order chi connectivity index (χ1) is 11.3. The Morgan fingerprint density at radius 3 is 2.62 bits per heavy atom. The Hall–Kier alpha value is -2.83. The fourth-order valence-electron chi connectivity index (χ4n) is 2.42. The third-order valence-electron chi connectivity index (χ3n) is 3.71. The average Bonchev–Trinajstić information content (AvgIpc) is 3.25. The first-order valence-corrected chi connectivity index (χ1v) is 7.13. The second kappa shape index (κ2) is 5.67. The number of hydrogen-bond donors (Lipinski definition) is 0. The van der Waals surface area contributed by atoms with Gasteiger partial charge in [0.2, 0.25) is 0 Å². The summed E-state index contributed by atoms with van der Waals surface area (Å²) in [4.78, 5) is 28.4. The summed E-state index contributed by atoms with van der Waals surface area (Å²) >= 11 is 0. The van der Waals surface area contributed by atoms with Gasteiger partial charge in [-0.3, -0.25) is 13.9 Å². The Kier molecular flexibility index (Phi) is 3.79. The van der Waals surface area contributed by atoms with Crippen molar-refractivity contribution in [2.24, 2.45) is 0 Å². The van der Waals surface area contributed by atoms with Crippen LogP contribution in [-0.2, 0) is 13.1 Å². The SMILES string of the molecule is N#Cc1cn(C2CC2)c(=O)n(Cc2nccn2CC(F)(F)F)c1=O. The van der Waals surface area contributed by atoms with Crippen molar-refractivity contribution in [3.05, 3.63) is 50.8 Å². The van der Waals surface area contributed by atoms with E-state index in [9.17, 15) is 22.8 Å². The standard InChI is InChI=1S/C14H12F3N5O2/c15-14(16,17)8-20-4-3-19-11(20)7-22-12(23)9(5-18)6-21(13(22)24)10-1-2-10/h3-4,6,10H,1-2,7-8H2. The van der Waals surface area contributed by atoms with Crippen LogP contribution < -0.4 is 11.2 Å². The van der Waals surface area contributed by atoms with Crippen molar-refractivity contribution in [3.63, 3.8) is 0 Å². The summed E-state index contributed by atoms with van der Waals surface area (Å²) in [6, 6.07) is 1.64. The molecule has 0 amide bonds. The molecule has 0 bridgehead atoms. The number of nitriles is 1. The van der Waals surface area contributed by atoms with E-state index in [0.29, 0.717) is 0 Å². The molecule has 1 aliphatic rings. The average molecular weight is 339 g/mol. The summed E-state index contributed by atoms with van der Waals surface area (Å²) in [5.41, 5.74) is -1.71. The van der Waals surface area contributed by atoms with E-state index in [1.807, 2.05) is 0 Å². The Morgan fingerprint density at radius 1 is 1.33 bits per heavy atom. The minimum absolute atomic E-state index is 0.0774. The van der Waals surface area contributed by atoms with Crippen LogP contribution in [0.3, 0.4) is 0 Å². The molecule has 0 saturated heterocycles. The van der Waals surface area contributed by atoms with Gasteiger partial charge in [-0.1, -0.05) is 0 Å². The van der Waals surface area contributed by atoms with Crippen molar-refractivity contribution in [2.45, 2.75) is 38.1 Å². The Balaban J connectivity index is 2.04. The predicted octanol–water partition coefficient (Wildman–Crippen LogP) is 1.02. The minimum Gasteiger partial charge on any atom is -0.324 e. The molecule has 126 valence electrons. The van der Waals surface area contributed by atoms with Gasteiger partial charge in [-0.2, -0.15) is 18.4 Å². The molecule has 7 nitrogen and oxygen atoms in total. The van der Waals surface area contributed by atoms with E-state index >= 15 is 0 Å². The quantitative estimate of drug-likeness (QED) is 0.832. The number of alkyl halides is 3. The number of rotatable bonds is 4. The maximum atomic E-state index is 12.6. The maximum Gasteiger partial charge on any atom is 0.406 e. The van der Waals surface area contributed by atoms with Gasteiger partial charge < -0.3 is 4.57 Å². The highest BCUT2D eigenvalue weighted by Crippen LogP contribution is 2.33. The highest BCUT2D eigenvalue weighted by atomic mass is 19.4. The molecule has 1 aliphatic carbocycles. The largest absolute Gasteiger partial charge is 0.406 e. The highest BCUT2D eigenvalue weighted by Gasteiger charge is 2.30. The van der Waals surface area contributed by atoms with Crippen LogP contribution in [0.5, 0.6) is 0 Å². The van der Waals surface area contributed by atoms with E-state index in [1.54, 1.807) is 6.07 Å². The van der Waals surface area contributed by atoms with Crippen LogP contribution in [0.2, 0.25) is 0 Å². The summed E-state index contributed by atoms with van der Waals surface area (Å²) in [7, 11) is 0. The summed E-state index contributed by atoms with van der Waals surface area (Å²) in [5.74, 6) is -0.0797. The van der Waals surface area contributed by atoms with Crippen molar-refractivity contribution in [1.29, 1.82) is 5.26 Å². The molecule has 0 radical (unpaired) electrons. The van der Waals surface area contributed by atoms with Crippen LogP contribution >= 0.6 is 0 Å². The fourth-order valence-corrected chi connectivity index (χ4v) is 2.42. The first kappa shape index (κ1) is 16.0. The van der Waals surface area contributed by atoms with E-state index in [1.165, 1.54) is 17.0 Å². The van der Waals surface area contributed by atoms with Gasteiger partial charge >= 0.3 is 11.9 Å². The molecule has 0 unspecified atom stereocenters. The van der Waals surface area contributed by atoms with E-state index in [2.05, 4.69) is 4.98 Å². The lowest BCUT2D eigenvalue weighted by Gasteiger charge is -2.13. The molecule has 0 N–H and O–H groups in total. The maximum absolute atomic E-state index is 12.6. The van der Waals surface area contributed by atoms with E-state index in [-0.39, 0.29) is 17.4 Å². The number of nitrogens with zero attached hydrogens (tertiary/aromatic N) is 5. The number of hydrogen-bond acceptors (Lipinski definition) is 4. The van der Waals surface area contributed by atoms with E-state index in [0.717, 1.165) is 28.2 Å². The molecule has 0 aromatic carbocycles. The van der Waals surface area contributed by atoms with Gasteiger partial charge in [0.05, 0.1) is 6.54 Å². The summed E-state index contributed by atoms with van der Waals surface area (Å²) in [6.45, 7) is -1.70. The lowest BCUT2D eigenvalue weighted by Crippen LogP contribution is -2.41. The molecular weight excluding hydrogens is 327 g/mol. The third kappa shape index (κ3) is 3.10. The third-order valence-corrected chi connectivity index (χ3v) is 3.71. The fraction of sp³-hybridized carbons (Fsp3) is 0.429. The zero-order valence-electron chi connectivity index (χ0n) is 12.3. The Morgan fingerprint density at radius 2 is 2.04 bits per heavy atom. The molecule has 2 heterocycles. The van der Waals surface area contributed by atoms with Crippen molar-refractivity contribution >= 4 is 0 Å². The number of halogens is 3. The molecule has 1 saturated carbocycles. The van der Waals surface area contributed by atoms with Gasteiger partial charge in [0, 0.05) is 24.6 Å². The Bertz CT molecular complexity index is 928. The van der Waals surface area contributed by atoms with Gasteiger partial charge in [0.15, 0.2) is 0 Å². The van der Waals surface area contributed by atoms with Gasteiger partial charge in [-0.25, -0.2) is 9.78 Å². The van der Waals surface area contributed by atoms with Crippen LogP contribution in [0, 0.1) is 11.3 Å². The lowest BCUT2D eigenvalue weighted by molar-refractivity contribution is -0.141.